The van der Waals surface area contributed by atoms with Crippen molar-refractivity contribution in [1.82, 2.24) is 4.72 Å². The van der Waals surface area contributed by atoms with Gasteiger partial charge in [0, 0.05) is 6.54 Å². The maximum absolute atomic E-state index is 12.4. The fourth-order valence-corrected chi connectivity index (χ4v) is 4.12. The van der Waals surface area contributed by atoms with Crippen LogP contribution in [0.5, 0.6) is 0 Å². The highest BCUT2D eigenvalue weighted by molar-refractivity contribution is 7.89. The zero-order valence-electron chi connectivity index (χ0n) is 12.8. The number of halogens is 2. The molecule has 0 fully saturated rings. The van der Waals surface area contributed by atoms with Gasteiger partial charge in [0.25, 0.3) is 0 Å². The zero-order chi connectivity index (χ0) is 17.7. The highest BCUT2D eigenvalue weighted by Crippen LogP contribution is 2.28. The highest BCUT2D eigenvalue weighted by atomic mass is 35.5. The van der Waals surface area contributed by atoms with Gasteiger partial charge in [0.15, 0.2) is 0 Å². The van der Waals surface area contributed by atoms with Gasteiger partial charge in [0.05, 0.1) is 22.2 Å². The number of carbonyl (C=O) groups is 1. The predicted octanol–water partition coefficient (Wildman–Crippen LogP) is 3.65. The van der Waals surface area contributed by atoms with Crippen molar-refractivity contribution in [3.63, 3.8) is 0 Å². The molecule has 0 aromatic heterocycles. The molecule has 0 unspecified atom stereocenters. The molecule has 128 valence electrons. The third-order valence-electron chi connectivity index (χ3n) is 3.12. The van der Waals surface area contributed by atoms with Gasteiger partial charge in [-0.15, -0.1) is 0 Å². The third-order valence-corrected chi connectivity index (χ3v) is 5.47. The van der Waals surface area contributed by atoms with Crippen LogP contribution in [0.25, 0.3) is 0 Å². The standard InChI is InChI=1S/C16H15Cl2NO4S/c1-2-23-16(20)12-8-6-11(7-9-12)10-19-24(21,22)15-13(17)4-3-5-14(15)18/h3-9,19H,2,10H2,1H3. The number of sulfonamides is 1. The minimum absolute atomic E-state index is 0.0347. The van der Waals surface area contributed by atoms with Crippen LogP contribution >= 0.6 is 23.2 Å². The molecule has 2 aromatic carbocycles. The van der Waals surface area contributed by atoms with E-state index in [1.165, 1.54) is 12.1 Å². The maximum Gasteiger partial charge on any atom is 0.338 e. The van der Waals surface area contributed by atoms with Gasteiger partial charge in [0.1, 0.15) is 4.90 Å². The Morgan fingerprint density at radius 2 is 1.67 bits per heavy atom. The monoisotopic (exact) mass is 387 g/mol. The van der Waals surface area contributed by atoms with Crippen LogP contribution in [0.2, 0.25) is 10.0 Å². The van der Waals surface area contributed by atoms with Crippen LogP contribution in [0, 0.1) is 0 Å². The van der Waals surface area contributed by atoms with E-state index in [4.69, 9.17) is 27.9 Å². The van der Waals surface area contributed by atoms with Gasteiger partial charge in [-0.1, -0.05) is 41.4 Å². The lowest BCUT2D eigenvalue weighted by atomic mass is 10.1. The van der Waals surface area contributed by atoms with Gasteiger partial charge >= 0.3 is 5.97 Å². The van der Waals surface area contributed by atoms with Crippen molar-refractivity contribution >= 4 is 39.2 Å². The van der Waals surface area contributed by atoms with Crippen LogP contribution in [-0.2, 0) is 21.3 Å². The lowest BCUT2D eigenvalue weighted by molar-refractivity contribution is 0.0526. The molecule has 24 heavy (non-hydrogen) atoms. The van der Waals surface area contributed by atoms with Crippen molar-refractivity contribution in [2.75, 3.05) is 6.61 Å². The topological polar surface area (TPSA) is 72.5 Å². The second-order valence-corrected chi connectivity index (χ2v) is 7.31. The summed E-state index contributed by atoms with van der Waals surface area (Å²) in [6, 6.07) is 10.9. The first-order valence-electron chi connectivity index (χ1n) is 7.05. The molecule has 0 heterocycles. The molecule has 5 nitrogen and oxygen atoms in total. The lowest BCUT2D eigenvalue weighted by Gasteiger charge is -2.10. The summed E-state index contributed by atoms with van der Waals surface area (Å²) in [5.41, 5.74) is 1.08. The Morgan fingerprint density at radius 1 is 1.08 bits per heavy atom. The fraction of sp³-hybridized carbons (Fsp3) is 0.188. The van der Waals surface area contributed by atoms with Crippen molar-refractivity contribution in [3.8, 4) is 0 Å². The second-order valence-electron chi connectivity index (χ2n) is 4.79. The van der Waals surface area contributed by atoms with E-state index in [2.05, 4.69) is 4.72 Å². The molecule has 0 saturated heterocycles. The molecule has 0 bridgehead atoms. The van der Waals surface area contributed by atoms with Crippen molar-refractivity contribution < 1.29 is 17.9 Å². The molecule has 0 aliphatic heterocycles. The van der Waals surface area contributed by atoms with Gasteiger partial charge in [-0.3, -0.25) is 0 Å². The summed E-state index contributed by atoms with van der Waals surface area (Å²) in [5, 5.41) is 0.0975. The highest BCUT2D eigenvalue weighted by Gasteiger charge is 2.21. The van der Waals surface area contributed by atoms with E-state index in [9.17, 15) is 13.2 Å². The summed E-state index contributed by atoms with van der Waals surface area (Å²) in [4.78, 5) is 11.4. The van der Waals surface area contributed by atoms with Crippen LogP contribution < -0.4 is 4.72 Å². The summed E-state index contributed by atoms with van der Waals surface area (Å²) >= 11 is 11.9. The minimum atomic E-state index is -3.86. The second kappa shape index (κ2) is 7.98. The van der Waals surface area contributed by atoms with E-state index in [1.54, 1.807) is 37.3 Å². The fourth-order valence-electron chi connectivity index (χ4n) is 1.96. The summed E-state index contributed by atoms with van der Waals surface area (Å²) in [7, 11) is -3.86. The quantitative estimate of drug-likeness (QED) is 0.767. The Kier molecular flexibility index (Phi) is 6.23. The summed E-state index contributed by atoms with van der Waals surface area (Å²) < 4.78 is 32.0. The SMILES string of the molecule is CCOC(=O)c1ccc(CNS(=O)(=O)c2c(Cl)cccc2Cl)cc1. The van der Waals surface area contributed by atoms with Gasteiger partial charge < -0.3 is 4.74 Å². The summed E-state index contributed by atoms with van der Waals surface area (Å²) in [6.07, 6.45) is 0. The Morgan fingerprint density at radius 3 is 2.21 bits per heavy atom. The van der Waals surface area contributed by atoms with Gasteiger partial charge in [-0.05, 0) is 36.8 Å². The molecule has 1 N–H and O–H groups in total. The molecule has 2 rings (SSSR count). The molecule has 0 aliphatic carbocycles. The predicted molar refractivity (Wildman–Crippen MR) is 92.9 cm³/mol. The molecule has 2 aromatic rings. The Bertz CT molecular complexity index is 815. The zero-order valence-corrected chi connectivity index (χ0v) is 15.1. The van der Waals surface area contributed by atoms with Crippen LogP contribution in [-0.4, -0.2) is 21.0 Å². The largest absolute Gasteiger partial charge is 0.462 e. The molecule has 0 saturated carbocycles. The number of nitrogens with one attached hydrogen (secondary N) is 1. The molecule has 0 aliphatic rings. The van der Waals surface area contributed by atoms with Crippen molar-refractivity contribution in [2.45, 2.75) is 18.4 Å². The Hall–Kier alpha value is -1.60. The van der Waals surface area contributed by atoms with E-state index in [-0.39, 0.29) is 21.5 Å². The van der Waals surface area contributed by atoms with Crippen molar-refractivity contribution in [1.29, 1.82) is 0 Å². The molecule has 0 atom stereocenters. The molecular formula is C16H15Cl2NO4S. The lowest BCUT2D eigenvalue weighted by Crippen LogP contribution is -2.24. The van der Waals surface area contributed by atoms with Crippen LogP contribution in [0.1, 0.15) is 22.8 Å². The number of hydrogen-bond acceptors (Lipinski definition) is 4. The Labute approximate surface area is 150 Å². The summed E-state index contributed by atoms with van der Waals surface area (Å²) in [5.74, 6) is -0.424. The number of ether oxygens (including phenoxy) is 1. The van der Waals surface area contributed by atoms with Crippen LogP contribution in [0.15, 0.2) is 47.4 Å². The van der Waals surface area contributed by atoms with E-state index < -0.39 is 16.0 Å². The average molecular weight is 388 g/mol. The molecule has 0 radical (unpaired) electrons. The van der Waals surface area contributed by atoms with Crippen LogP contribution in [0.3, 0.4) is 0 Å². The first-order valence-corrected chi connectivity index (χ1v) is 9.29. The van der Waals surface area contributed by atoms with E-state index in [0.717, 1.165) is 0 Å². The summed E-state index contributed by atoms with van der Waals surface area (Å²) in [6.45, 7) is 2.05. The average Bonchev–Trinajstić information content (AvgIpc) is 2.53. The maximum atomic E-state index is 12.4. The number of benzene rings is 2. The molecular weight excluding hydrogens is 373 g/mol. The van der Waals surface area contributed by atoms with Gasteiger partial charge in [0.2, 0.25) is 10.0 Å². The minimum Gasteiger partial charge on any atom is -0.462 e. The molecule has 8 heteroatoms. The number of carbonyl (C=O) groups excluding carboxylic acids is 1. The first kappa shape index (κ1) is 18.7. The third kappa shape index (κ3) is 4.48. The van der Waals surface area contributed by atoms with Crippen LogP contribution in [0.4, 0.5) is 0 Å². The van der Waals surface area contributed by atoms with E-state index >= 15 is 0 Å². The normalized spacial score (nSPS) is 11.3. The molecule has 0 spiro atoms. The number of rotatable bonds is 6. The van der Waals surface area contributed by atoms with E-state index in [1.807, 2.05) is 0 Å². The van der Waals surface area contributed by atoms with Crippen molar-refractivity contribution in [2.24, 2.45) is 0 Å². The first-order chi connectivity index (χ1) is 11.3. The number of hydrogen-bond donors (Lipinski definition) is 1. The van der Waals surface area contributed by atoms with E-state index in [0.29, 0.717) is 17.7 Å². The van der Waals surface area contributed by atoms with Gasteiger partial charge in [-0.25, -0.2) is 17.9 Å². The smallest absolute Gasteiger partial charge is 0.338 e. The Balaban J connectivity index is 2.11. The van der Waals surface area contributed by atoms with Gasteiger partial charge in [-0.2, -0.15) is 0 Å². The molecule has 0 amide bonds. The van der Waals surface area contributed by atoms with Crippen molar-refractivity contribution in [3.05, 3.63) is 63.6 Å². The number of esters is 1.